The highest BCUT2D eigenvalue weighted by Gasteiger charge is 2.21. The number of thioether (sulfide) groups is 1. The van der Waals surface area contributed by atoms with E-state index >= 15 is 0 Å². The average molecular weight is 504 g/mol. The third-order valence-corrected chi connectivity index (χ3v) is 7.94. The highest BCUT2D eigenvalue weighted by molar-refractivity contribution is 7.98. The molecule has 0 atom stereocenters. The van der Waals surface area contributed by atoms with Crippen LogP contribution < -0.4 is 10.9 Å². The number of nitrogens with zero attached hydrogens (tertiary/aromatic N) is 4. The van der Waals surface area contributed by atoms with Crippen molar-refractivity contribution in [2.75, 3.05) is 0 Å². The van der Waals surface area contributed by atoms with Gasteiger partial charge in [-0.25, -0.2) is 0 Å². The summed E-state index contributed by atoms with van der Waals surface area (Å²) in [6.45, 7) is 6.93. The molecule has 2 heterocycles. The maximum absolute atomic E-state index is 13.5. The molecule has 0 aliphatic heterocycles. The number of aryl methyl sites for hydroxylation is 2. The minimum absolute atomic E-state index is 0.0941. The quantitative estimate of drug-likeness (QED) is 0.327. The van der Waals surface area contributed by atoms with Gasteiger partial charge in [0.1, 0.15) is 0 Å². The summed E-state index contributed by atoms with van der Waals surface area (Å²) < 4.78 is 3.67. The summed E-state index contributed by atoms with van der Waals surface area (Å²) in [5.41, 5.74) is 3.55. The van der Waals surface area contributed by atoms with Crippen LogP contribution in [0.1, 0.15) is 67.4 Å². The Morgan fingerprint density at radius 1 is 1.11 bits per heavy atom. The zero-order valence-electron chi connectivity index (χ0n) is 21.2. The molecule has 2 aromatic heterocycles. The van der Waals surface area contributed by atoms with Gasteiger partial charge in [0.15, 0.2) is 5.16 Å². The summed E-state index contributed by atoms with van der Waals surface area (Å²) >= 11 is 1.58. The average Bonchev–Trinajstić information content (AvgIpc) is 3.53. The van der Waals surface area contributed by atoms with E-state index in [2.05, 4.69) is 60.6 Å². The fraction of sp³-hybridized carbons (Fsp3) is 0.429. The van der Waals surface area contributed by atoms with Crippen molar-refractivity contribution in [3.63, 3.8) is 0 Å². The lowest BCUT2D eigenvalue weighted by Crippen LogP contribution is -2.32. The molecule has 1 N–H and O–H groups in total. The molecule has 188 valence electrons. The van der Waals surface area contributed by atoms with Crippen molar-refractivity contribution >= 4 is 34.3 Å². The van der Waals surface area contributed by atoms with Crippen molar-refractivity contribution in [3.8, 4) is 0 Å². The van der Waals surface area contributed by atoms with E-state index < -0.39 is 0 Å². The molecular formula is C28H33N5O2S. The Bertz CT molecular complexity index is 1450. The number of fused-ring (bicyclic) bond motifs is 3. The molecule has 0 saturated heterocycles. The van der Waals surface area contributed by atoms with E-state index in [0.29, 0.717) is 39.9 Å². The zero-order valence-corrected chi connectivity index (χ0v) is 22.0. The van der Waals surface area contributed by atoms with Crippen molar-refractivity contribution in [3.05, 3.63) is 69.5 Å². The van der Waals surface area contributed by atoms with Gasteiger partial charge in [0.05, 0.1) is 10.9 Å². The minimum Gasteiger partial charge on any atom is -0.349 e. The summed E-state index contributed by atoms with van der Waals surface area (Å²) in [7, 11) is 0. The Balaban J connectivity index is 1.58. The summed E-state index contributed by atoms with van der Waals surface area (Å²) in [5, 5.41) is 13.4. The Morgan fingerprint density at radius 2 is 1.86 bits per heavy atom. The Kier molecular flexibility index (Phi) is 7.14. The van der Waals surface area contributed by atoms with Gasteiger partial charge in [-0.15, -0.1) is 10.2 Å². The van der Waals surface area contributed by atoms with Gasteiger partial charge in [0, 0.05) is 23.9 Å². The Labute approximate surface area is 215 Å². The number of carbonyl (C=O) groups is 1. The van der Waals surface area contributed by atoms with Gasteiger partial charge in [-0.1, -0.05) is 68.3 Å². The van der Waals surface area contributed by atoms with Gasteiger partial charge in [-0.05, 0) is 55.9 Å². The van der Waals surface area contributed by atoms with Crippen molar-refractivity contribution in [2.45, 2.75) is 76.4 Å². The van der Waals surface area contributed by atoms with Gasteiger partial charge >= 0.3 is 0 Å². The number of aromatic nitrogens is 4. The molecule has 8 heteroatoms. The topological polar surface area (TPSA) is 81.3 Å². The first kappa shape index (κ1) is 24.6. The predicted molar refractivity (Wildman–Crippen MR) is 145 cm³/mol. The number of rotatable bonds is 8. The van der Waals surface area contributed by atoms with Gasteiger partial charge in [0.25, 0.3) is 11.5 Å². The molecular weight excluding hydrogens is 470 g/mol. The number of amides is 1. The second kappa shape index (κ2) is 10.5. The maximum atomic E-state index is 13.5. The summed E-state index contributed by atoms with van der Waals surface area (Å²) in [5.74, 6) is 1.61. The van der Waals surface area contributed by atoms with Crippen LogP contribution in [0, 0.1) is 12.8 Å². The molecule has 1 amide bonds. The van der Waals surface area contributed by atoms with E-state index in [9.17, 15) is 9.59 Å². The Hall–Kier alpha value is -3.13. The molecule has 2 aromatic carbocycles. The predicted octanol–water partition coefficient (Wildman–Crippen LogP) is 5.36. The molecule has 0 radical (unpaired) electrons. The van der Waals surface area contributed by atoms with Crippen LogP contribution in [0.5, 0.6) is 0 Å². The van der Waals surface area contributed by atoms with Gasteiger partial charge in [-0.3, -0.25) is 18.6 Å². The van der Waals surface area contributed by atoms with Crippen LogP contribution in [0.15, 0.2) is 52.4 Å². The molecule has 4 aromatic rings. The van der Waals surface area contributed by atoms with Crippen LogP contribution in [0.3, 0.4) is 0 Å². The minimum atomic E-state index is -0.0946. The summed E-state index contributed by atoms with van der Waals surface area (Å²) in [6, 6.07) is 14.0. The van der Waals surface area contributed by atoms with E-state index in [1.165, 1.54) is 11.1 Å². The molecule has 0 spiro atoms. The number of benzene rings is 2. The van der Waals surface area contributed by atoms with Gasteiger partial charge in [0.2, 0.25) is 5.78 Å². The smallest absolute Gasteiger partial charge is 0.262 e. The van der Waals surface area contributed by atoms with Crippen LogP contribution in [0.2, 0.25) is 0 Å². The van der Waals surface area contributed by atoms with Crippen LogP contribution >= 0.6 is 11.8 Å². The first-order valence-electron chi connectivity index (χ1n) is 12.8. The van der Waals surface area contributed by atoms with E-state index in [0.717, 1.165) is 37.9 Å². The standard InChI is InChI=1S/C28H33N5O2S/c1-18(2)14-15-32-26(35)23-13-12-21(25(34)29-22-6-4-5-7-22)16-24(23)33-27(32)30-31-28(33)36-17-20-10-8-19(3)9-11-20/h8-13,16,18,22H,4-7,14-15,17H2,1-3H3,(H,29,34). The first-order valence-corrected chi connectivity index (χ1v) is 13.8. The van der Waals surface area contributed by atoms with Crippen molar-refractivity contribution < 1.29 is 4.79 Å². The van der Waals surface area contributed by atoms with Crippen molar-refractivity contribution in [1.29, 1.82) is 0 Å². The molecule has 36 heavy (non-hydrogen) atoms. The fourth-order valence-corrected chi connectivity index (χ4v) is 5.67. The molecule has 0 unspecified atom stereocenters. The van der Waals surface area contributed by atoms with Crippen molar-refractivity contribution in [2.24, 2.45) is 5.92 Å². The van der Waals surface area contributed by atoms with Crippen molar-refractivity contribution in [1.82, 2.24) is 24.5 Å². The van der Waals surface area contributed by atoms with E-state index in [1.54, 1.807) is 28.5 Å². The second-order valence-electron chi connectivity index (χ2n) is 10.2. The Morgan fingerprint density at radius 3 is 2.58 bits per heavy atom. The van der Waals surface area contributed by atoms with E-state index in [4.69, 9.17) is 0 Å². The molecule has 5 rings (SSSR count). The molecule has 1 saturated carbocycles. The van der Waals surface area contributed by atoms with Crippen LogP contribution in [0.25, 0.3) is 16.7 Å². The fourth-order valence-electron chi connectivity index (χ4n) is 4.78. The third kappa shape index (κ3) is 5.05. The second-order valence-corrected chi connectivity index (χ2v) is 11.2. The van der Waals surface area contributed by atoms with Crippen LogP contribution in [-0.2, 0) is 12.3 Å². The van der Waals surface area contributed by atoms with E-state index in [-0.39, 0.29) is 17.5 Å². The molecule has 1 aliphatic carbocycles. The molecule has 7 nitrogen and oxygen atoms in total. The number of hydrogen-bond acceptors (Lipinski definition) is 5. The molecule has 1 aliphatic rings. The monoisotopic (exact) mass is 503 g/mol. The van der Waals surface area contributed by atoms with Gasteiger partial charge in [-0.2, -0.15) is 0 Å². The summed E-state index contributed by atoms with van der Waals surface area (Å²) in [4.78, 5) is 26.5. The van der Waals surface area contributed by atoms with Gasteiger partial charge < -0.3 is 5.32 Å². The number of nitrogens with one attached hydrogen (secondary N) is 1. The maximum Gasteiger partial charge on any atom is 0.262 e. The van der Waals surface area contributed by atoms with Crippen LogP contribution in [-0.4, -0.2) is 31.1 Å². The highest BCUT2D eigenvalue weighted by Crippen LogP contribution is 2.26. The normalized spacial score (nSPS) is 14.3. The lowest BCUT2D eigenvalue weighted by atomic mass is 10.1. The van der Waals surface area contributed by atoms with Crippen LogP contribution in [0.4, 0.5) is 0 Å². The lowest BCUT2D eigenvalue weighted by molar-refractivity contribution is 0.0938. The lowest BCUT2D eigenvalue weighted by Gasteiger charge is -2.15. The zero-order chi connectivity index (χ0) is 25.2. The highest BCUT2D eigenvalue weighted by atomic mass is 32.2. The third-order valence-electron chi connectivity index (χ3n) is 6.94. The number of carbonyl (C=O) groups excluding carboxylic acids is 1. The largest absolute Gasteiger partial charge is 0.349 e. The first-order chi connectivity index (χ1) is 17.4. The number of hydrogen-bond donors (Lipinski definition) is 1. The van der Waals surface area contributed by atoms with E-state index in [1.807, 2.05) is 10.5 Å². The molecule has 0 bridgehead atoms. The summed E-state index contributed by atoms with van der Waals surface area (Å²) in [6.07, 6.45) is 5.22. The SMILES string of the molecule is Cc1ccc(CSc2nnc3n(CCC(C)C)c(=O)c4ccc(C(=O)NC5CCCC5)cc4n23)cc1. The molecule has 1 fully saturated rings.